The monoisotopic (exact) mass is 276 g/mol. The number of hydrogen-bond acceptors (Lipinski definition) is 3. The Morgan fingerprint density at radius 2 is 2.00 bits per heavy atom. The van der Waals surface area contributed by atoms with E-state index in [9.17, 15) is 9.59 Å². The molecule has 1 aromatic heterocycles. The van der Waals surface area contributed by atoms with Crippen molar-refractivity contribution < 1.29 is 9.59 Å². The summed E-state index contributed by atoms with van der Waals surface area (Å²) in [6, 6.07) is 3.24. The minimum Gasteiger partial charge on any atom is -0.274 e. The Morgan fingerprint density at radius 1 is 1.26 bits per heavy atom. The van der Waals surface area contributed by atoms with E-state index in [-0.39, 0.29) is 23.7 Å². The van der Waals surface area contributed by atoms with E-state index in [2.05, 4.69) is 4.98 Å². The van der Waals surface area contributed by atoms with Gasteiger partial charge in [0, 0.05) is 6.20 Å². The predicted octanol–water partition coefficient (Wildman–Crippen LogP) is 2.58. The molecule has 1 aliphatic heterocycles. The molecule has 0 radical (unpaired) electrons. The number of nitrogens with zero attached hydrogens (tertiary/aromatic N) is 2. The Hall–Kier alpha value is -1.68. The van der Waals surface area contributed by atoms with Crippen molar-refractivity contribution in [1.29, 1.82) is 0 Å². The van der Waals surface area contributed by atoms with E-state index in [0.29, 0.717) is 23.7 Å². The van der Waals surface area contributed by atoms with Crippen LogP contribution in [0.2, 0.25) is 5.02 Å². The summed E-state index contributed by atoms with van der Waals surface area (Å²) in [7, 11) is 0. The van der Waals surface area contributed by atoms with E-state index in [0.717, 1.165) is 0 Å². The molecule has 0 bridgehead atoms. The van der Waals surface area contributed by atoms with Crippen molar-refractivity contribution in [2.75, 3.05) is 4.90 Å². The van der Waals surface area contributed by atoms with Gasteiger partial charge in [0.15, 0.2) is 0 Å². The number of rotatable bonds is 1. The van der Waals surface area contributed by atoms with Crippen LogP contribution in [0.3, 0.4) is 0 Å². The highest BCUT2D eigenvalue weighted by atomic mass is 35.5. The Kier molecular flexibility index (Phi) is 2.90. The number of aromatic nitrogens is 1. The van der Waals surface area contributed by atoms with Crippen molar-refractivity contribution >= 4 is 29.2 Å². The topological polar surface area (TPSA) is 50.3 Å². The number of carbonyl (C=O) groups is 2. The van der Waals surface area contributed by atoms with Crippen LogP contribution in [0.15, 0.2) is 30.0 Å². The van der Waals surface area contributed by atoms with Crippen molar-refractivity contribution in [3.05, 3.63) is 35.0 Å². The van der Waals surface area contributed by atoms with Crippen molar-refractivity contribution in [2.45, 2.75) is 19.8 Å². The molecule has 0 N–H and O–H groups in total. The van der Waals surface area contributed by atoms with Gasteiger partial charge in [-0.15, -0.1) is 0 Å². The number of carbonyl (C=O) groups excluding carboxylic acids is 2. The first-order chi connectivity index (χ1) is 9.08. The molecular formula is C14H13ClN2O2. The van der Waals surface area contributed by atoms with Crippen molar-refractivity contribution in [3.8, 4) is 0 Å². The van der Waals surface area contributed by atoms with Crippen LogP contribution in [0.4, 0.5) is 5.82 Å². The predicted molar refractivity (Wildman–Crippen MR) is 71.7 cm³/mol. The van der Waals surface area contributed by atoms with Crippen LogP contribution in [-0.2, 0) is 9.59 Å². The number of halogens is 1. The molecule has 1 aliphatic carbocycles. The Labute approximate surface area is 116 Å². The molecule has 2 amide bonds. The summed E-state index contributed by atoms with van der Waals surface area (Å²) in [5.74, 6) is -0.374. The van der Waals surface area contributed by atoms with Crippen LogP contribution in [0.1, 0.15) is 19.8 Å². The third-order valence-corrected chi connectivity index (χ3v) is 3.99. The molecule has 5 heteroatoms. The van der Waals surface area contributed by atoms with Crippen LogP contribution in [0.25, 0.3) is 0 Å². The lowest BCUT2D eigenvalue weighted by Crippen LogP contribution is -2.31. The zero-order valence-corrected chi connectivity index (χ0v) is 11.2. The van der Waals surface area contributed by atoms with E-state index in [1.807, 2.05) is 13.0 Å². The molecule has 2 aliphatic rings. The zero-order valence-electron chi connectivity index (χ0n) is 10.5. The van der Waals surface area contributed by atoms with Crippen molar-refractivity contribution in [2.24, 2.45) is 11.8 Å². The molecule has 0 unspecified atom stereocenters. The summed E-state index contributed by atoms with van der Waals surface area (Å²) in [5, 5.41) is 0.484. The van der Waals surface area contributed by atoms with Gasteiger partial charge in [-0.1, -0.05) is 23.3 Å². The van der Waals surface area contributed by atoms with Gasteiger partial charge in [-0.2, -0.15) is 0 Å². The average Bonchev–Trinajstić information content (AvgIpc) is 2.63. The molecule has 3 rings (SSSR count). The van der Waals surface area contributed by atoms with Gasteiger partial charge < -0.3 is 0 Å². The van der Waals surface area contributed by atoms with Crippen LogP contribution >= 0.6 is 11.6 Å². The number of allylic oxidation sites excluding steroid dienone is 2. The molecule has 2 heterocycles. The lowest BCUT2D eigenvalue weighted by atomic mass is 9.82. The fourth-order valence-corrected chi connectivity index (χ4v) is 2.88. The van der Waals surface area contributed by atoms with Crippen LogP contribution < -0.4 is 4.90 Å². The lowest BCUT2D eigenvalue weighted by Gasteiger charge is -2.18. The molecule has 98 valence electrons. The van der Waals surface area contributed by atoms with Gasteiger partial charge in [-0.25, -0.2) is 9.88 Å². The molecule has 1 aromatic rings. The van der Waals surface area contributed by atoms with E-state index < -0.39 is 0 Å². The largest absolute Gasteiger partial charge is 0.274 e. The van der Waals surface area contributed by atoms with Gasteiger partial charge in [0.05, 0.1) is 16.9 Å². The van der Waals surface area contributed by atoms with Gasteiger partial charge in [0.2, 0.25) is 11.8 Å². The number of imide groups is 1. The maximum atomic E-state index is 12.4. The molecule has 1 saturated heterocycles. The van der Waals surface area contributed by atoms with Gasteiger partial charge in [0.25, 0.3) is 0 Å². The minimum atomic E-state index is -0.228. The third-order valence-electron chi connectivity index (χ3n) is 3.76. The van der Waals surface area contributed by atoms with Crippen molar-refractivity contribution in [3.63, 3.8) is 0 Å². The first kappa shape index (κ1) is 12.4. The SMILES string of the molecule is CC1=CC[C@@H]2C(=O)N(c3ccc(Cl)cn3)C(=O)[C@H]2C1. The highest BCUT2D eigenvalue weighted by molar-refractivity contribution is 6.30. The molecule has 0 aromatic carbocycles. The van der Waals surface area contributed by atoms with E-state index in [1.54, 1.807) is 12.1 Å². The highest BCUT2D eigenvalue weighted by Gasteiger charge is 2.49. The van der Waals surface area contributed by atoms with E-state index in [1.165, 1.54) is 16.7 Å². The maximum Gasteiger partial charge on any atom is 0.239 e. The third kappa shape index (κ3) is 1.96. The van der Waals surface area contributed by atoms with Gasteiger partial charge in [-0.3, -0.25) is 9.59 Å². The number of pyridine rings is 1. The van der Waals surface area contributed by atoms with E-state index in [4.69, 9.17) is 11.6 Å². The molecular weight excluding hydrogens is 264 g/mol. The molecule has 4 nitrogen and oxygen atoms in total. The Balaban J connectivity index is 1.95. The maximum absolute atomic E-state index is 12.4. The summed E-state index contributed by atoms with van der Waals surface area (Å²) >= 11 is 5.77. The fourth-order valence-electron chi connectivity index (χ4n) is 2.76. The van der Waals surface area contributed by atoms with Gasteiger partial charge in [-0.05, 0) is 31.9 Å². The second-order valence-electron chi connectivity index (χ2n) is 5.05. The van der Waals surface area contributed by atoms with Gasteiger partial charge in [0.1, 0.15) is 5.82 Å². The van der Waals surface area contributed by atoms with Crippen LogP contribution in [-0.4, -0.2) is 16.8 Å². The number of fused-ring (bicyclic) bond motifs is 1. The Morgan fingerprint density at radius 3 is 2.68 bits per heavy atom. The summed E-state index contributed by atoms with van der Waals surface area (Å²) in [6.07, 6.45) is 4.80. The normalized spacial score (nSPS) is 26.4. The second kappa shape index (κ2) is 4.46. The number of hydrogen-bond donors (Lipinski definition) is 0. The zero-order chi connectivity index (χ0) is 13.6. The second-order valence-corrected chi connectivity index (χ2v) is 5.49. The smallest absolute Gasteiger partial charge is 0.239 e. The standard InChI is InChI=1S/C14H13ClN2O2/c1-8-2-4-10-11(6-8)14(19)17(13(10)18)12-5-3-9(15)7-16-12/h2-3,5,7,10-11H,4,6H2,1H3/t10-,11-/m0/s1. The first-order valence-electron chi connectivity index (χ1n) is 6.23. The summed E-state index contributed by atoms with van der Waals surface area (Å²) in [4.78, 5) is 30.0. The van der Waals surface area contributed by atoms with Crippen LogP contribution in [0, 0.1) is 11.8 Å². The summed E-state index contributed by atoms with van der Waals surface area (Å²) < 4.78 is 0. The summed E-state index contributed by atoms with van der Waals surface area (Å²) in [6.45, 7) is 2.00. The van der Waals surface area contributed by atoms with Gasteiger partial charge >= 0.3 is 0 Å². The minimum absolute atomic E-state index is 0.141. The molecule has 2 atom stereocenters. The Bertz CT molecular complexity index is 580. The fraction of sp³-hybridized carbons (Fsp3) is 0.357. The lowest BCUT2D eigenvalue weighted by molar-refractivity contribution is -0.122. The summed E-state index contributed by atoms with van der Waals surface area (Å²) in [5.41, 5.74) is 1.17. The highest BCUT2D eigenvalue weighted by Crippen LogP contribution is 2.39. The van der Waals surface area contributed by atoms with Crippen LogP contribution in [0.5, 0.6) is 0 Å². The average molecular weight is 277 g/mol. The number of amides is 2. The molecule has 0 spiro atoms. The van der Waals surface area contributed by atoms with E-state index >= 15 is 0 Å². The molecule has 1 fully saturated rings. The molecule has 0 saturated carbocycles. The first-order valence-corrected chi connectivity index (χ1v) is 6.60. The quantitative estimate of drug-likeness (QED) is 0.585. The number of anilines is 1. The molecule has 19 heavy (non-hydrogen) atoms. The van der Waals surface area contributed by atoms with Crippen molar-refractivity contribution in [1.82, 2.24) is 4.98 Å².